The summed E-state index contributed by atoms with van der Waals surface area (Å²) in [5, 5.41) is 20.5. The summed E-state index contributed by atoms with van der Waals surface area (Å²) >= 11 is 0. The van der Waals surface area contributed by atoms with Gasteiger partial charge in [0.2, 0.25) is 0 Å². The Hall–Kier alpha value is -1.37. The second-order valence-corrected chi connectivity index (χ2v) is 3.56. The van der Waals surface area contributed by atoms with E-state index in [0.29, 0.717) is 17.6 Å². The minimum Gasteiger partial charge on any atom is -0.423 e. The van der Waals surface area contributed by atoms with Crippen molar-refractivity contribution < 1.29 is 19.6 Å². The molecule has 1 aliphatic rings. The summed E-state index contributed by atoms with van der Waals surface area (Å²) in [6, 6.07) is 5.00. The molecule has 1 heterocycles. The fraction of sp³-hybridized carbons (Fsp3) is 0.300. The molecule has 16 heavy (non-hydrogen) atoms. The first-order valence-electron chi connectivity index (χ1n) is 5.04. The summed E-state index contributed by atoms with van der Waals surface area (Å²) in [7, 11) is -0.885. The number of carbonyl (C=O) groups is 1. The van der Waals surface area contributed by atoms with Crippen LogP contribution in [0.2, 0.25) is 0 Å². The Kier molecular flexibility index (Phi) is 3.23. The highest BCUT2D eigenvalue weighted by atomic mass is 16.5. The average molecular weight is 221 g/mol. The SMILES string of the molecule is O=C(NCCO)c1ccc2c(c1)COB2O. The largest absolute Gasteiger partial charge is 0.491 e. The highest BCUT2D eigenvalue weighted by Crippen LogP contribution is 2.11. The van der Waals surface area contributed by atoms with Crippen LogP contribution in [0.1, 0.15) is 15.9 Å². The summed E-state index contributed by atoms with van der Waals surface area (Å²) in [4.78, 5) is 11.6. The molecule has 5 nitrogen and oxygen atoms in total. The first kappa shape index (κ1) is 11.1. The van der Waals surface area contributed by atoms with Gasteiger partial charge in [-0.1, -0.05) is 6.07 Å². The smallest absolute Gasteiger partial charge is 0.423 e. The van der Waals surface area contributed by atoms with Gasteiger partial charge in [0.1, 0.15) is 0 Å². The van der Waals surface area contributed by atoms with E-state index in [0.717, 1.165) is 5.56 Å². The number of hydrogen-bond donors (Lipinski definition) is 3. The topological polar surface area (TPSA) is 78.8 Å². The molecular weight excluding hydrogens is 209 g/mol. The van der Waals surface area contributed by atoms with Gasteiger partial charge in [-0.3, -0.25) is 4.79 Å². The number of aliphatic hydroxyl groups is 1. The third-order valence-corrected chi connectivity index (χ3v) is 2.47. The summed E-state index contributed by atoms with van der Waals surface area (Å²) in [5.41, 5.74) is 2.03. The predicted octanol–water partition coefficient (Wildman–Crippen LogP) is -1.37. The van der Waals surface area contributed by atoms with Crippen molar-refractivity contribution in [1.82, 2.24) is 5.32 Å². The molecule has 0 spiro atoms. The predicted molar refractivity (Wildman–Crippen MR) is 58.3 cm³/mol. The van der Waals surface area contributed by atoms with E-state index in [1.807, 2.05) is 0 Å². The number of benzene rings is 1. The van der Waals surface area contributed by atoms with Crippen molar-refractivity contribution in [2.24, 2.45) is 0 Å². The molecule has 0 unspecified atom stereocenters. The molecule has 0 bridgehead atoms. The van der Waals surface area contributed by atoms with Crippen LogP contribution in [0.3, 0.4) is 0 Å². The van der Waals surface area contributed by atoms with Crippen molar-refractivity contribution in [2.45, 2.75) is 6.61 Å². The van der Waals surface area contributed by atoms with Gasteiger partial charge in [-0.15, -0.1) is 0 Å². The Morgan fingerprint density at radius 1 is 1.56 bits per heavy atom. The molecule has 1 aromatic carbocycles. The highest BCUT2D eigenvalue weighted by Gasteiger charge is 2.27. The summed E-state index contributed by atoms with van der Waals surface area (Å²) in [6.45, 7) is 0.463. The van der Waals surface area contributed by atoms with Gasteiger partial charge in [-0.05, 0) is 23.2 Å². The third kappa shape index (κ3) is 2.09. The maximum Gasteiger partial charge on any atom is 0.491 e. The molecule has 2 rings (SSSR count). The molecule has 1 aromatic rings. The van der Waals surface area contributed by atoms with Crippen LogP contribution < -0.4 is 10.8 Å². The number of aliphatic hydroxyl groups excluding tert-OH is 1. The quantitative estimate of drug-likeness (QED) is 0.550. The monoisotopic (exact) mass is 221 g/mol. The van der Waals surface area contributed by atoms with Crippen molar-refractivity contribution in [1.29, 1.82) is 0 Å². The van der Waals surface area contributed by atoms with Gasteiger partial charge in [-0.25, -0.2) is 0 Å². The van der Waals surface area contributed by atoms with Crippen LogP contribution in [0.15, 0.2) is 18.2 Å². The van der Waals surface area contributed by atoms with Gasteiger partial charge in [-0.2, -0.15) is 0 Å². The number of rotatable bonds is 3. The summed E-state index contributed by atoms with van der Waals surface area (Å²) in [5.74, 6) is -0.238. The van der Waals surface area contributed by atoms with E-state index in [4.69, 9.17) is 9.76 Å². The second-order valence-electron chi connectivity index (χ2n) is 3.56. The van der Waals surface area contributed by atoms with Crippen LogP contribution in [-0.2, 0) is 11.3 Å². The minimum absolute atomic E-state index is 0.0848. The van der Waals surface area contributed by atoms with Crippen LogP contribution in [0, 0.1) is 0 Å². The average Bonchev–Trinajstić information content (AvgIpc) is 2.67. The van der Waals surface area contributed by atoms with Crippen molar-refractivity contribution in [3.63, 3.8) is 0 Å². The van der Waals surface area contributed by atoms with Gasteiger partial charge < -0.3 is 20.1 Å². The van der Waals surface area contributed by atoms with Crippen molar-refractivity contribution in [2.75, 3.05) is 13.2 Å². The number of amides is 1. The number of carbonyl (C=O) groups excluding carboxylic acids is 1. The molecule has 0 aromatic heterocycles. The normalized spacial score (nSPS) is 13.8. The van der Waals surface area contributed by atoms with E-state index < -0.39 is 7.12 Å². The zero-order valence-electron chi connectivity index (χ0n) is 8.64. The van der Waals surface area contributed by atoms with Gasteiger partial charge in [0.25, 0.3) is 5.91 Å². The molecule has 1 aliphatic heterocycles. The third-order valence-electron chi connectivity index (χ3n) is 2.47. The lowest BCUT2D eigenvalue weighted by Gasteiger charge is -2.05. The molecule has 6 heteroatoms. The molecule has 0 saturated heterocycles. The Balaban J connectivity index is 2.15. The summed E-state index contributed by atoms with van der Waals surface area (Å²) < 4.78 is 5.02. The van der Waals surface area contributed by atoms with Crippen molar-refractivity contribution >= 4 is 18.5 Å². The Labute approximate surface area is 93.2 Å². The zero-order chi connectivity index (χ0) is 11.5. The molecule has 0 aliphatic carbocycles. The van der Waals surface area contributed by atoms with E-state index in [-0.39, 0.29) is 19.1 Å². The highest BCUT2D eigenvalue weighted by molar-refractivity contribution is 6.61. The molecule has 0 radical (unpaired) electrons. The minimum atomic E-state index is -0.885. The fourth-order valence-corrected chi connectivity index (χ4v) is 1.64. The lowest BCUT2D eigenvalue weighted by molar-refractivity contribution is 0.0944. The zero-order valence-corrected chi connectivity index (χ0v) is 8.64. The second kappa shape index (κ2) is 4.65. The standard InChI is InChI=1S/C10H12BNO4/c13-4-3-12-10(14)7-1-2-9-8(5-7)6-16-11(9)15/h1-2,5,13,15H,3-4,6H2,(H,12,14). The van der Waals surface area contributed by atoms with E-state index in [1.54, 1.807) is 18.2 Å². The van der Waals surface area contributed by atoms with Crippen molar-refractivity contribution in [3.8, 4) is 0 Å². The van der Waals surface area contributed by atoms with Gasteiger partial charge in [0, 0.05) is 12.1 Å². The molecular formula is C10H12BNO4. The first-order valence-corrected chi connectivity index (χ1v) is 5.04. The van der Waals surface area contributed by atoms with Crippen LogP contribution in [0.25, 0.3) is 0 Å². The molecule has 0 saturated carbocycles. The molecule has 0 fully saturated rings. The Bertz CT molecular complexity index is 410. The van der Waals surface area contributed by atoms with Gasteiger partial charge in [0.05, 0.1) is 13.2 Å². The number of nitrogens with one attached hydrogen (secondary N) is 1. The molecule has 0 atom stereocenters. The first-order chi connectivity index (χ1) is 7.72. The van der Waals surface area contributed by atoms with Crippen LogP contribution in [0.5, 0.6) is 0 Å². The van der Waals surface area contributed by atoms with Crippen LogP contribution in [0.4, 0.5) is 0 Å². The maximum atomic E-state index is 11.6. The molecule has 1 amide bonds. The summed E-state index contributed by atoms with van der Waals surface area (Å²) in [6.07, 6.45) is 0. The number of hydrogen-bond acceptors (Lipinski definition) is 4. The lowest BCUT2D eigenvalue weighted by Crippen LogP contribution is -2.29. The van der Waals surface area contributed by atoms with Gasteiger partial charge >= 0.3 is 7.12 Å². The van der Waals surface area contributed by atoms with E-state index in [9.17, 15) is 9.82 Å². The van der Waals surface area contributed by atoms with Crippen molar-refractivity contribution in [3.05, 3.63) is 29.3 Å². The lowest BCUT2D eigenvalue weighted by atomic mass is 9.79. The van der Waals surface area contributed by atoms with Crippen LogP contribution in [-0.4, -0.2) is 36.3 Å². The van der Waals surface area contributed by atoms with E-state index >= 15 is 0 Å². The Morgan fingerprint density at radius 3 is 3.12 bits per heavy atom. The van der Waals surface area contributed by atoms with E-state index in [2.05, 4.69) is 5.32 Å². The van der Waals surface area contributed by atoms with Gasteiger partial charge in [0.15, 0.2) is 0 Å². The Morgan fingerprint density at radius 2 is 2.38 bits per heavy atom. The maximum absolute atomic E-state index is 11.6. The van der Waals surface area contributed by atoms with E-state index in [1.165, 1.54) is 0 Å². The number of fused-ring (bicyclic) bond motifs is 1. The molecule has 84 valence electrons. The molecule has 3 N–H and O–H groups in total. The van der Waals surface area contributed by atoms with Crippen LogP contribution >= 0.6 is 0 Å². The fourth-order valence-electron chi connectivity index (χ4n) is 1.64.